The predicted octanol–water partition coefficient (Wildman–Crippen LogP) is 4.11. The summed E-state index contributed by atoms with van der Waals surface area (Å²) in [5.41, 5.74) is 3.08. The number of carbonyl (C=O) groups excluding carboxylic acids is 1. The van der Waals surface area contributed by atoms with Gasteiger partial charge in [0.05, 0.1) is 11.4 Å². The van der Waals surface area contributed by atoms with Crippen molar-refractivity contribution in [1.82, 2.24) is 9.78 Å². The summed E-state index contributed by atoms with van der Waals surface area (Å²) in [6.45, 7) is 0. The van der Waals surface area contributed by atoms with E-state index in [1.165, 1.54) is 30.3 Å². The van der Waals surface area contributed by atoms with Crippen molar-refractivity contribution < 1.29 is 14.3 Å². The van der Waals surface area contributed by atoms with Crippen molar-refractivity contribution in [1.29, 1.82) is 0 Å². The van der Waals surface area contributed by atoms with E-state index in [2.05, 4.69) is 10.4 Å². The molecular weight excluding hydrogens is 357 g/mol. The van der Waals surface area contributed by atoms with Crippen molar-refractivity contribution in [2.45, 2.75) is 19.3 Å². The highest BCUT2D eigenvalue weighted by atomic mass is 35.5. The van der Waals surface area contributed by atoms with Crippen molar-refractivity contribution in [3.05, 3.63) is 70.3 Å². The van der Waals surface area contributed by atoms with Crippen LogP contribution in [0.15, 0.2) is 42.5 Å². The zero-order valence-electron chi connectivity index (χ0n) is 13.7. The maximum Gasteiger partial charge on any atom is 0.276 e. The number of benzene rings is 2. The molecule has 0 atom stereocenters. The van der Waals surface area contributed by atoms with Crippen LogP contribution in [0.5, 0.6) is 5.75 Å². The second kappa shape index (κ2) is 6.46. The Morgan fingerprint density at radius 1 is 1.19 bits per heavy atom. The van der Waals surface area contributed by atoms with Gasteiger partial charge in [0, 0.05) is 16.3 Å². The Morgan fingerprint density at radius 3 is 2.73 bits per heavy atom. The second-order valence-electron chi connectivity index (χ2n) is 6.13. The van der Waals surface area contributed by atoms with Gasteiger partial charge in [-0.15, -0.1) is 0 Å². The number of rotatable bonds is 3. The SMILES string of the molecule is O=C(Nc1cc(Cl)ccc1O)c1nn(-c2ccc(F)cc2)c2c1CCC2. The van der Waals surface area contributed by atoms with Gasteiger partial charge in [0.25, 0.3) is 5.91 Å². The van der Waals surface area contributed by atoms with E-state index in [0.717, 1.165) is 30.5 Å². The average Bonchev–Trinajstić information content (AvgIpc) is 3.21. The third-order valence-electron chi connectivity index (χ3n) is 4.42. The summed E-state index contributed by atoms with van der Waals surface area (Å²) >= 11 is 5.92. The first kappa shape index (κ1) is 16.6. The molecule has 0 spiro atoms. The highest BCUT2D eigenvalue weighted by Crippen LogP contribution is 2.30. The Labute approximate surface area is 154 Å². The number of carbonyl (C=O) groups is 1. The number of anilines is 1. The number of nitrogens with one attached hydrogen (secondary N) is 1. The fourth-order valence-corrected chi connectivity index (χ4v) is 3.38. The van der Waals surface area contributed by atoms with Gasteiger partial charge in [0.15, 0.2) is 5.69 Å². The van der Waals surface area contributed by atoms with Crippen molar-refractivity contribution in [3.8, 4) is 11.4 Å². The number of hydrogen-bond acceptors (Lipinski definition) is 3. The van der Waals surface area contributed by atoms with Gasteiger partial charge in [-0.3, -0.25) is 4.79 Å². The number of phenols is 1. The molecule has 1 amide bonds. The van der Waals surface area contributed by atoms with E-state index < -0.39 is 5.91 Å². The van der Waals surface area contributed by atoms with Crippen LogP contribution in [0.1, 0.15) is 28.2 Å². The van der Waals surface area contributed by atoms with E-state index in [1.807, 2.05) is 0 Å². The van der Waals surface area contributed by atoms with Gasteiger partial charge in [-0.25, -0.2) is 9.07 Å². The van der Waals surface area contributed by atoms with Gasteiger partial charge < -0.3 is 10.4 Å². The molecule has 0 bridgehead atoms. The Hall–Kier alpha value is -2.86. The van der Waals surface area contributed by atoms with Gasteiger partial charge in [0.1, 0.15) is 11.6 Å². The topological polar surface area (TPSA) is 67.2 Å². The van der Waals surface area contributed by atoms with E-state index >= 15 is 0 Å². The van der Waals surface area contributed by atoms with E-state index in [1.54, 1.807) is 16.8 Å². The number of halogens is 2. The van der Waals surface area contributed by atoms with Crippen LogP contribution in [0.4, 0.5) is 10.1 Å². The van der Waals surface area contributed by atoms with Crippen molar-refractivity contribution in [2.75, 3.05) is 5.32 Å². The molecule has 0 saturated carbocycles. The summed E-state index contributed by atoms with van der Waals surface area (Å²) in [6.07, 6.45) is 2.48. The minimum Gasteiger partial charge on any atom is -0.506 e. The first-order valence-electron chi connectivity index (χ1n) is 8.19. The lowest BCUT2D eigenvalue weighted by Gasteiger charge is -2.07. The monoisotopic (exact) mass is 371 g/mol. The molecule has 3 aromatic rings. The van der Waals surface area contributed by atoms with Crippen molar-refractivity contribution in [3.63, 3.8) is 0 Å². The summed E-state index contributed by atoms with van der Waals surface area (Å²) in [4.78, 5) is 12.7. The molecule has 7 heteroatoms. The van der Waals surface area contributed by atoms with Gasteiger partial charge in [-0.1, -0.05) is 11.6 Å². The molecule has 1 heterocycles. The maximum absolute atomic E-state index is 13.2. The van der Waals surface area contributed by atoms with Gasteiger partial charge in [-0.2, -0.15) is 5.10 Å². The summed E-state index contributed by atoms with van der Waals surface area (Å²) in [6, 6.07) is 10.4. The molecule has 5 nitrogen and oxygen atoms in total. The number of nitrogens with zero attached hydrogens (tertiary/aromatic N) is 2. The van der Waals surface area contributed by atoms with Crippen molar-refractivity contribution >= 4 is 23.2 Å². The quantitative estimate of drug-likeness (QED) is 0.681. The van der Waals surface area contributed by atoms with Gasteiger partial charge >= 0.3 is 0 Å². The second-order valence-corrected chi connectivity index (χ2v) is 6.57. The number of aromatic hydroxyl groups is 1. The van der Waals surface area contributed by atoms with Crippen LogP contribution in [0.3, 0.4) is 0 Å². The standard InChI is InChI=1S/C19H15ClFN3O2/c20-11-4-9-17(25)15(10-11)22-19(26)18-14-2-1-3-16(14)24(23-18)13-7-5-12(21)6-8-13/h4-10,25H,1-3H2,(H,22,26). The molecule has 1 aliphatic carbocycles. The number of phenolic OH excluding ortho intramolecular Hbond substituents is 1. The smallest absolute Gasteiger partial charge is 0.276 e. The molecule has 1 aromatic heterocycles. The summed E-state index contributed by atoms with van der Waals surface area (Å²) in [5.74, 6) is -0.814. The molecule has 0 fully saturated rings. The Kier molecular flexibility index (Phi) is 4.12. The third kappa shape index (κ3) is 2.93. The summed E-state index contributed by atoms with van der Waals surface area (Å²) in [7, 11) is 0. The molecular formula is C19H15ClFN3O2. The van der Waals surface area contributed by atoms with Crippen molar-refractivity contribution in [2.24, 2.45) is 0 Å². The van der Waals surface area contributed by atoms with Crippen LogP contribution in [0.25, 0.3) is 5.69 Å². The fourth-order valence-electron chi connectivity index (χ4n) is 3.21. The lowest BCUT2D eigenvalue weighted by Crippen LogP contribution is -2.15. The largest absolute Gasteiger partial charge is 0.506 e. The van der Waals surface area contributed by atoms with E-state index in [0.29, 0.717) is 16.4 Å². The third-order valence-corrected chi connectivity index (χ3v) is 4.66. The number of aromatic nitrogens is 2. The highest BCUT2D eigenvalue weighted by Gasteiger charge is 2.27. The van der Waals surface area contributed by atoms with Gasteiger partial charge in [-0.05, 0) is 61.7 Å². The van der Waals surface area contributed by atoms with E-state index in [4.69, 9.17) is 11.6 Å². The minimum atomic E-state index is -0.415. The lowest BCUT2D eigenvalue weighted by molar-refractivity contribution is 0.102. The molecule has 132 valence electrons. The molecule has 2 N–H and O–H groups in total. The van der Waals surface area contributed by atoms with E-state index in [-0.39, 0.29) is 17.3 Å². The molecule has 0 radical (unpaired) electrons. The average molecular weight is 372 g/mol. The van der Waals surface area contributed by atoms with Crippen LogP contribution < -0.4 is 5.32 Å². The maximum atomic E-state index is 13.2. The zero-order valence-corrected chi connectivity index (χ0v) is 14.4. The Morgan fingerprint density at radius 2 is 1.96 bits per heavy atom. The molecule has 0 saturated heterocycles. The van der Waals surface area contributed by atoms with Crippen LogP contribution in [-0.4, -0.2) is 20.8 Å². The molecule has 1 aliphatic rings. The molecule has 26 heavy (non-hydrogen) atoms. The van der Waals surface area contributed by atoms with Crippen LogP contribution in [0.2, 0.25) is 5.02 Å². The molecule has 0 aliphatic heterocycles. The summed E-state index contributed by atoms with van der Waals surface area (Å²) < 4.78 is 14.9. The lowest BCUT2D eigenvalue weighted by atomic mass is 10.2. The highest BCUT2D eigenvalue weighted by molar-refractivity contribution is 6.31. The summed E-state index contributed by atoms with van der Waals surface area (Å²) in [5, 5.41) is 17.4. The van der Waals surface area contributed by atoms with Crippen LogP contribution in [-0.2, 0) is 12.8 Å². The predicted molar refractivity (Wildman–Crippen MR) is 96.6 cm³/mol. The first-order valence-corrected chi connectivity index (χ1v) is 8.57. The first-order chi connectivity index (χ1) is 12.5. The molecule has 4 rings (SSSR count). The normalized spacial score (nSPS) is 12.8. The van der Waals surface area contributed by atoms with Crippen LogP contribution >= 0.6 is 11.6 Å². The molecule has 2 aromatic carbocycles. The van der Waals surface area contributed by atoms with Crippen LogP contribution in [0, 0.1) is 5.82 Å². The Balaban J connectivity index is 1.71. The number of fused-ring (bicyclic) bond motifs is 1. The number of amides is 1. The Bertz CT molecular complexity index is 999. The number of hydrogen-bond donors (Lipinski definition) is 2. The molecule has 0 unspecified atom stereocenters. The van der Waals surface area contributed by atoms with E-state index in [9.17, 15) is 14.3 Å². The van der Waals surface area contributed by atoms with Gasteiger partial charge in [0.2, 0.25) is 0 Å². The minimum absolute atomic E-state index is 0.0719. The fraction of sp³-hybridized carbons (Fsp3) is 0.158. The zero-order chi connectivity index (χ0) is 18.3.